The Balaban J connectivity index is 2.02. The molecule has 2 aromatic carbocycles. The van der Waals surface area contributed by atoms with Gasteiger partial charge in [0, 0.05) is 11.6 Å². The minimum Gasteiger partial charge on any atom is -0.504 e. The quantitative estimate of drug-likeness (QED) is 0.349. The minimum absolute atomic E-state index is 0.107. The van der Waals surface area contributed by atoms with Crippen molar-refractivity contribution in [3.63, 3.8) is 0 Å². The zero-order chi connectivity index (χ0) is 23.6. The molecule has 8 heteroatoms. The van der Waals surface area contributed by atoms with E-state index in [-0.39, 0.29) is 35.2 Å². The summed E-state index contributed by atoms with van der Waals surface area (Å²) in [5, 5.41) is 30.1. The summed E-state index contributed by atoms with van der Waals surface area (Å²) in [7, 11) is 0. The monoisotopic (exact) mass is 442 g/mol. The number of ether oxygens (including phenoxy) is 3. The Kier molecular flexibility index (Phi) is 6.62. The molecule has 2 atom stereocenters. The molecule has 1 heterocycles. The summed E-state index contributed by atoms with van der Waals surface area (Å²) < 4.78 is 16.4. The number of rotatable bonds is 6. The molecule has 3 rings (SSSR count). The van der Waals surface area contributed by atoms with Crippen LogP contribution in [0, 0.1) is 0 Å². The summed E-state index contributed by atoms with van der Waals surface area (Å²) in [6.45, 7) is 6.90. The molecule has 0 aromatic heterocycles. The zero-order valence-corrected chi connectivity index (χ0v) is 18.2. The third-order valence-electron chi connectivity index (χ3n) is 4.70. The fraction of sp³-hybridized carbons (Fsp3) is 0.333. The minimum atomic E-state index is -0.946. The Hall–Kier alpha value is -3.68. The van der Waals surface area contributed by atoms with Gasteiger partial charge >= 0.3 is 11.9 Å². The molecule has 8 nitrogen and oxygen atoms in total. The molecular formula is C24H26O8. The fourth-order valence-electron chi connectivity index (χ4n) is 3.44. The van der Waals surface area contributed by atoms with E-state index in [0.717, 1.165) is 0 Å². The van der Waals surface area contributed by atoms with Crippen molar-refractivity contribution in [1.29, 1.82) is 0 Å². The number of aromatic hydroxyl groups is 3. The molecule has 1 aliphatic rings. The number of hydrogen-bond acceptors (Lipinski definition) is 8. The third kappa shape index (κ3) is 4.96. The van der Waals surface area contributed by atoms with Crippen LogP contribution in [0.15, 0.2) is 36.4 Å². The molecule has 1 aliphatic heterocycles. The lowest BCUT2D eigenvalue weighted by Crippen LogP contribution is -2.23. The normalized spacial score (nSPS) is 17.4. The first-order valence-corrected chi connectivity index (χ1v) is 10.2. The highest BCUT2D eigenvalue weighted by atomic mass is 16.6. The van der Waals surface area contributed by atoms with E-state index in [2.05, 4.69) is 0 Å². The Labute approximate surface area is 185 Å². The van der Waals surface area contributed by atoms with Gasteiger partial charge in [-0.15, -0.1) is 0 Å². The number of fused-ring (bicyclic) bond motifs is 1. The van der Waals surface area contributed by atoms with Crippen LogP contribution in [-0.2, 0) is 19.1 Å². The fourth-order valence-corrected chi connectivity index (χ4v) is 3.44. The summed E-state index contributed by atoms with van der Waals surface area (Å²) >= 11 is 0. The van der Waals surface area contributed by atoms with Gasteiger partial charge < -0.3 is 29.5 Å². The van der Waals surface area contributed by atoms with Gasteiger partial charge in [0.1, 0.15) is 12.0 Å². The third-order valence-corrected chi connectivity index (χ3v) is 4.70. The number of phenolic OH excluding ortho intramolecular Hbond substituents is 3. The maximum absolute atomic E-state index is 13.0. The topological polar surface area (TPSA) is 123 Å². The van der Waals surface area contributed by atoms with Gasteiger partial charge in [-0.05, 0) is 69.2 Å². The van der Waals surface area contributed by atoms with Crippen molar-refractivity contribution in [2.75, 3.05) is 0 Å². The van der Waals surface area contributed by atoms with Gasteiger partial charge in [-0.2, -0.15) is 0 Å². The van der Waals surface area contributed by atoms with Gasteiger partial charge in [0.15, 0.2) is 23.0 Å². The second kappa shape index (κ2) is 9.21. The molecule has 0 fully saturated rings. The average Bonchev–Trinajstić information content (AvgIpc) is 3.07. The first-order chi connectivity index (χ1) is 15.1. The van der Waals surface area contributed by atoms with Gasteiger partial charge in [0.2, 0.25) is 0 Å². The summed E-state index contributed by atoms with van der Waals surface area (Å²) in [4.78, 5) is 24.8. The molecule has 2 aromatic rings. The van der Waals surface area contributed by atoms with E-state index in [1.807, 2.05) is 0 Å². The molecule has 0 radical (unpaired) electrons. The number of hydrogen-bond donors (Lipinski definition) is 3. The van der Waals surface area contributed by atoms with E-state index >= 15 is 0 Å². The smallest absolute Gasteiger partial charge is 0.331 e. The largest absolute Gasteiger partial charge is 0.504 e. The van der Waals surface area contributed by atoms with Gasteiger partial charge in [-0.3, -0.25) is 4.79 Å². The Bertz CT molecular complexity index is 1050. The molecule has 0 aliphatic carbocycles. The van der Waals surface area contributed by atoms with Crippen molar-refractivity contribution in [2.45, 2.75) is 51.9 Å². The van der Waals surface area contributed by atoms with E-state index in [1.165, 1.54) is 36.4 Å². The van der Waals surface area contributed by atoms with Crippen LogP contribution in [0.2, 0.25) is 0 Å². The van der Waals surface area contributed by atoms with Crippen LogP contribution >= 0.6 is 0 Å². The second-order valence-electron chi connectivity index (χ2n) is 8.03. The molecule has 2 unspecified atom stereocenters. The molecule has 0 bridgehead atoms. The highest BCUT2D eigenvalue weighted by Crippen LogP contribution is 2.52. The first-order valence-electron chi connectivity index (χ1n) is 10.2. The predicted molar refractivity (Wildman–Crippen MR) is 115 cm³/mol. The van der Waals surface area contributed by atoms with Crippen molar-refractivity contribution in [3.05, 3.63) is 53.1 Å². The molecule has 170 valence electrons. The summed E-state index contributed by atoms with van der Waals surface area (Å²) in [5.74, 6) is -2.84. The van der Waals surface area contributed by atoms with E-state index in [1.54, 1.807) is 33.8 Å². The van der Waals surface area contributed by atoms with E-state index in [4.69, 9.17) is 14.2 Å². The molecule has 0 saturated heterocycles. The maximum atomic E-state index is 13.0. The van der Waals surface area contributed by atoms with Crippen LogP contribution in [0.4, 0.5) is 0 Å². The van der Waals surface area contributed by atoms with Crippen LogP contribution in [0.5, 0.6) is 23.0 Å². The number of benzene rings is 2. The van der Waals surface area contributed by atoms with Crippen LogP contribution < -0.4 is 4.74 Å². The summed E-state index contributed by atoms with van der Waals surface area (Å²) in [6.07, 6.45) is 1.14. The number of carbonyl (C=O) groups is 2. The van der Waals surface area contributed by atoms with Crippen LogP contribution in [-0.4, -0.2) is 39.5 Å². The van der Waals surface area contributed by atoms with Gasteiger partial charge in [-0.25, -0.2) is 4.79 Å². The second-order valence-corrected chi connectivity index (χ2v) is 8.03. The van der Waals surface area contributed by atoms with Crippen molar-refractivity contribution in [1.82, 2.24) is 0 Å². The van der Waals surface area contributed by atoms with E-state index in [9.17, 15) is 24.9 Å². The lowest BCUT2D eigenvalue weighted by Gasteiger charge is -2.20. The van der Waals surface area contributed by atoms with Crippen molar-refractivity contribution < 1.29 is 39.1 Å². The van der Waals surface area contributed by atoms with E-state index < -0.39 is 24.0 Å². The zero-order valence-electron chi connectivity index (χ0n) is 18.2. The Morgan fingerprint density at radius 1 is 0.938 bits per heavy atom. The predicted octanol–water partition coefficient (Wildman–Crippen LogP) is 3.94. The number of esters is 2. The summed E-state index contributed by atoms with van der Waals surface area (Å²) in [6, 6.07) is 7.12. The van der Waals surface area contributed by atoms with Crippen LogP contribution in [0.3, 0.4) is 0 Å². The molecule has 32 heavy (non-hydrogen) atoms. The van der Waals surface area contributed by atoms with Gasteiger partial charge in [-0.1, -0.05) is 6.07 Å². The van der Waals surface area contributed by atoms with Crippen molar-refractivity contribution in [2.24, 2.45) is 0 Å². The highest BCUT2D eigenvalue weighted by molar-refractivity contribution is 5.88. The molecule has 0 amide bonds. The lowest BCUT2D eigenvalue weighted by molar-refractivity contribution is -0.151. The van der Waals surface area contributed by atoms with Crippen LogP contribution in [0.1, 0.15) is 56.4 Å². The van der Waals surface area contributed by atoms with Crippen LogP contribution in [0.25, 0.3) is 6.08 Å². The average molecular weight is 442 g/mol. The van der Waals surface area contributed by atoms with Gasteiger partial charge in [0.25, 0.3) is 0 Å². The molecular weight excluding hydrogens is 416 g/mol. The Morgan fingerprint density at radius 3 is 2.25 bits per heavy atom. The number of carbonyl (C=O) groups excluding carboxylic acids is 2. The number of phenols is 3. The molecule has 3 N–H and O–H groups in total. The Morgan fingerprint density at radius 2 is 1.62 bits per heavy atom. The standard InChI is InChI=1S/C24H26O8/c1-12(2)30-20(28)8-5-14-9-16-21(24(29)31-13(3)4)22(32-23(16)19(27)10-14)15-6-7-17(25)18(26)11-15/h5-13,21-22,25-27H,1-4H3/b8-5+. The van der Waals surface area contributed by atoms with Crippen molar-refractivity contribution in [3.8, 4) is 23.0 Å². The van der Waals surface area contributed by atoms with Gasteiger partial charge in [0.05, 0.1) is 12.2 Å². The SMILES string of the molecule is CC(C)OC(=O)/C=C/c1cc(O)c2c(c1)C(C(=O)OC(C)C)C(c1ccc(O)c(O)c1)O2. The van der Waals surface area contributed by atoms with E-state index in [0.29, 0.717) is 16.7 Å². The first kappa shape index (κ1) is 23.0. The molecule has 0 spiro atoms. The maximum Gasteiger partial charge on any atom is 0.331 e. The highest BCUT2D eigenvalue weighted by Gasteiger charge is 2.43. The summed E-state index contributed by atoms with van der Waals surface area (Å²) in [5.41, 5.74) is 1.26. The molecule has 0 saturated carbocycles. The lowest BCUT2D eigenvalue weighted by atomic mass is 9.89. The van der Waals surface area contributed by atoms with Crippen molar-refractivity contribution >= 4 is 18.0 Å².